The molecule has 0 atom stereocenters. The van der Waals surface area contributed by atoms with Crippen LogP contribution in [0.1, 0.15) is 40.8 Å². The lowest BCUT2D eigenvalue weighted by atomic mass is 9.87. The second-order valence-corrected chi connectivity index (χ2v) is 6.00. The third-order valence-corrected chi connectivity index (χ3v) is 4.19. The Morgan fingerprint density at radius 2 is 1.94 bits per heavy atom. The molecule has 1 aromatic heterocycles. The van der Waals surface area contributed by atoms with E-state index < -0.39 is 24.3 Å². The summed E-state index contributed by atoms with van der Waals surface area (Å²) < 4.78 is 32.6. The number of hydrogen-bond acceptors (Lipinski definition) is 5. The van der Waals surface area contributed by atoms with Crippen LogP contribution in [-0.4, -0.2) is 31.4 Å². The van der Waals surface area contributed by atoms with E-state index >= 15 is 0 Å². The molecule has 2 heterocycles. The van der Waals surface area contributed by atoms with E-state index in [0.29, 0.717) is 4.78 Å². The van der Waals surface area contributed by atoms with Gasteiger partial charge in [-0.05, 0) is 33.7 Å². The SMILES string of the molecule is [2H]c1sc(B2OC(C)(C)C(C)(C)O2)c([2H])c1C(=O)OC. The molecule has 2 rings (SSSR count). The minimum Gasteiger partial charge on any atom is -0.465 e. The molecule has 98 valence electrons. The zero-order valence-corrected chi connectivity index (χ0v) is 11.9. The molecule has 0 amide bonds. The van der Waals surface area contributed by atoms with Gasteiger partial charge in [-0.25, -0.2) is 4.79 Å². The van der Waals surface area contributed by atoms with Gasteiger partial charge in [0.25, 0.3) is 0 Å². The predicted molar refractivity (Wildman–Crippen MR) is 71.4 cm³/mol. The molecule has 1 aliphatic rings. The maximum Gasteiger partial charge on any atom is 0.505 e. The molecule has 0 spiro atoms. The summed E-state index contributed by atoms with van der Waals surface area (Å²) in [7, 11) is 0.493. The minimum absolute atomic E-state index is 0.00781. The predicted octanol–water partition coefficient (Wildman–Crippen LogP) is 1.83. The molecule has 0 aromatic carbocycles. The summed E-state index contributed by atoms with van der Waals surface area (Å²) in [6, 6.07) is -0.0506. The maximum atomic E-state index is 11.6. The molecule has 4 nitrogen and oxygen atoms in total. The van der Waals surface area contributed by atoms with E-state index in [1.807, 2.05) is 27.7 Å². The van der Waals surface area contributed by atoms with Crippen molar-refractivity contribution in [2.75, 3.05) is 7.11 Å². The lowest BCUT2D eigenvalue weighted by Gasteiger charge is -2.32. The van der Waals surface area contributed by atoms with Gasteiger partial charge in [-0.1, -0.05) is 0 Å². The molecule has 6 heteroatoms. The van der Waals surface area contributed by atoms with Gasteiger partial charge >= 0.3 is 13.1 Å². The van der Waals surface area contributed by atoms with Gasteiger partial charge in [0, 0.05) is 10.1 Å². The summed E-state index contributed by atoms with van der Waals surface area (Å²) in [4.78, 5) is 11.6. The van der Waals surface area contributed by atoms with E-state index in [1.165, 1.54) is 7.11 Å². The highest BCUT2D eigenvalue weighted by Crippen LogP contribution is 2.36. The number of ether oxygens (including phenoxy) is 1. The Kier molecular flexibility index (Phi) is 2.67. The van der Waals surface area contributed by atoms with Crippen molar-refractivity contribution in [1.29, 1.82) is 0 Å². The normalized spacial score (nSPS) is 22.6. The number of carbonyl (C=O) groups excluding carboxylic acids is 1. The van der Waals surface area contributed by atoms with Crippen molar-refractivity contribution >= 4 is 29.2 Å². The summed E-state index contributed by atoms with van der Waals surface area (Å²) in [5, 5.41) is -0.00781. The third kappa shape index (κ3) is 2.20. The quantitative estimate of drug-likeness (QED) is 0.607. The smallest absolute Gasteiger partial charge is 0.465 e. The Hall–Kier alpha value is -0.845. The van der Waals surface area contributed by atoms with Crippen molar-refractivity contribution in [3.63, 3.8) is 0 Å². The topological polar surface area (TPSA) is 44.8 Å². The van der Waals surface area contributed by atoms with Crippen molar-refractivity contribution < 1.29 is 21.6 Å². The summed E-state index contributed by atoms with van der Waals surface area (Å²) >= 11 is 1.01. The number of rotatable bonds is 2. The highest BCUT2D eigenvalue weighted by Gasteiger charge is 2.52. The van der Waals surface area contributed by atoms with E-state index in [1.54, 1.807) is 0 Å². The molecule has 0 unspecified atom stereocenters. The van der Waals surface area contributed by atoms with Crippen molar-refractivity contribution in [3.05, 3.63) is 17.0 Å². The van der Waals surface area contributed by atoms with Crippen molar-refractivity contribution in [2.24, 2.45) is 0 Å². The Labute approximate surface area is 114 Å². The molecule has 1 aromatic rings. The van der Waals surface area contributed by atoms with Gasteiger partial charge in [-0.2, -0.15) is 11.3 Å². The van der Waals surface area contributed by atoms with Crippen LogP contribution < -0.4 is 4.78 Å². The van der Waals surface area contributed by atoms with Gasteiger partial charge in [0.1, 0.15) is 0 Å². The molecule has 0 aliphatic carbocycles. The van der Waals surface area contributed by atoms with Gasteiger partial charge in [-0.3, -0.25) is 0 Å². The zero-order valence-electron chi connectivity index (χ0n) is 13.1. The molecule has 1 aliphatic heterocycles. The van der Waals surface area contributed by atoms with Gasteiger partial charge in [0.05, 0.1) is 26.6 Å². The highest BCUT2D eigenvalue weighted by atomic mass is 32.1. The molecule has 0 saturated carbocycles. The Bertz CT molecular complexity index is 540. The number of methoxy groups -OCH3 is 1. The molecular formula is C12H17BO4S. The van der Waals surface area contributed by atoms with Crippen LogP contribution in [-0.2, 0) is 14.0 Å². The maximum absolute atomic E-state index is 11.6. The second kappa shape index (κ2) is 4.37. The first-order valence-corrected chi connectivity index (χ1v) is 6.46. The van der Waals surface area contributed by atoms with Gasteiger partial charge < -0.3 is 14.0 Å². The number of esters is 1. The van der Waals surface area contributed by atoms with Crippen LogP contribution in [0.4, 0.5) is 0 Å². The summed E-state index contributed by atoms with van der Waals surface area (Å²) in [5.41, 5.74) is -1.09. The monoisotopic (exact) mass is 270 g/mol. The van der Waals surface area contributed by atoms with Gasteiger partial charge in [0.15, 0.2) is 0 Å². The third-order valence-electron chi connectivity index (χ3n) is 3.37. The molecule has 0 radical (unpaired) electrons. The number of thiophene rings is 1. The highest BCUT2D eigenvalue weighted by molar-refractivity contribution is 7.21. The number of hydrogen-bond donors (Lipinski definition) is 0. The van der Waals surface area contributed by atoms with E-state index in [9.17, 15) is 4.79 Å². The lowest BCUT2D eigenvalue weighted by molar-refractivity contribution is 0.00578. The Morgan fingerprint density at radius 1 is 1.39 bits per heavy atom. The Morgan fingerprint density at radius 3 is 2.44 bits per heavy atom. The molecule has 1 fully saturated rings. The molecule has 0 bridgehead atoms. The lowest BCUT2D eigenvalue weighted by Crippen LogP contribution is -2.41. The van der Waals surface area contributed by atoms with Crippen molar-refractivity contribution in [3.8, 4) is 0 Å². The molecule has 1 saturated heterocycles. The van der Waals surface area contributed by atoms with Crippen molar-refractivity contribution in [2.45, 2.75) is 38.9 Å². The zero-order chi connectivity index (χ0) is 15.3. The minimum atomic E-state index is -0.736. The summed E-state index contributed by atoms with van der Waals surface area (Å²) in [6.07, 6.45) is 0. The van der Waals surface area contributed by atoms with Crippen LogP contribution in [0.5, 0.6) is 0 Å². The first-order valence-electron chi connectivity index (χ1n) is 6.64. The van der Waals surface area contributed by atoms with Crippen LogP contribution in [0.25, 0.3) is 0 Å². The first kappa shape index (κ1) is 11.0. The van der Waals surface area contributed by atoms with E-state index in [0.717, 1.165) is 11.3 Å². The van der Waals surface area contributed by atoms with E-state index in [4.69, 9.17) is 12.1 Å². The average molecular weight is 270 g/mol. The van der Waals surface area contributed by atoms with Crippen LogP contribution in [0.15, 0.2) is 11.4 Å². The molecule has 0 N–H and O–H groups in total. The van der Waals surface area contributed by atoms with Crippen LogP contribution >= 0.6 is 11.3 Å². The number of carbonyl (C=O) groups is 1. The average Bonchev–Trinajstić information content (AvgIpc) is 2.73. The molecule has 18 heavy (non-hydrogen) atoms. The fourth-order valence-corrected chi connectivity index (χ4v) is 2.22. The summed E-state index contributed by atoms with van der Waals surface area (Å²) in [6.45, 7) is 7.64. The van der Waals surface area contributed by atoms with E-state index in [-0.39, 0.29) is 17.0 Å². The van der Waals surface area contributed by atoms with Crippen LogP contribution in [0.2, 0.25) is 0 Å². The largest absolute Gasteiger partial charge is 0.505 e. The second-order valence-electron chi connectivity index (χ2n) is 5.15. The fourth-order valence-electron chi connectivity index (χ4n) is 1.53. The van der Waals surface area contributed by atoms with Crippen LogP contribution in [0.3, 0.4) is 0 Å². The van der Waals surface area contributed by atoms with Crippen LogP contribution in [0, 0.1) is 0 Å². The Balaban J connectivity index is 2.40. The van der Waals surface area contributed by atoms with Crippen molar-refractivity contribution in [1.82, 2.24) is 0 Å². The van der Waals surface area contributed by atoms with E-state index in [2.05, 4.69) is 4.74 Å². The first-order chi connectivity index (χ1) is 9.10. The standard InChI is InChI=1S/C12H17BO4S/c1-11(2)12(3,4)17-13(16-11)9-6-8(7-18-9)10(14)15-5/h6-7H,1-5H3/i6D,7D. The summed E-state index contributed by atoms with van der Waals surface area (Å²) in [5.74, 6) is -0.681. The van der Waals surface area contributed by atoms with Gasteiger partial charge in [0.2, 0.25) is 0 Å². The van der Waals surface area contributed by atoms with Gasteiger partial charge in [-0.15, -0.1) is 0 Å². The molecular weight excluding hydrogens is 251 g/mol. The fraction of sp³-hybridized carbons (Fsp3) is 0.583.